The maximum absolute atomic E-state index is 11.6. The lowest BCUT2D eigenvalue weighted by Crippen LogP contribution is -2.18. The Labute approximate surface area is 106 Å². The van der Waals surface area contributed by atoms with E-state index >= 15 is 0 Å². The van der Waals surface area contributed by atoms with Gasteiger partial charge in [0, 0.05) is 6.04 Å². The fraction of sp³-hybridized carbons (Fsp3) is 0.846. The van der Waals surface area contributed by atoms with Gasteiger partial charge < -0.3 is 5.32 Å². The monoisotopic (exact) mass is 259 g/mol. The Morgan fingerprint density at radius 3 is 2.59 bits per heavy atom. The number of rotatable bonds is 8. The normalized spacial score (nSPS) is 17.8. The van der Waals surface area contributed by atoms with Crippen LogP contribution in [0, 0.1) is 0 Å². The highest BCUT2D eigenvalue weighted by atomic mass is 32.2. The molecule has 0 spiro atoms. The molecular formula is C13H25NO2S. The second kappa shape index (κ2) is 6.55. The van der Waals surface area contributed by atoms with E-state index in [1.165, 1.54) is 18.4 Å². The lowest BCUT2D eigenvalue weighted by molar-refractivity contribution is 0.586. The van der Waals surface area contributed by atoms with Crippen molar-refractivity contribution in [2.24, 2.45) is 0 Å². The Bertz CT molecular complexity index is 354. The van der Waals surface area contributed by atoms with Crippen LogP contribution in [-0.4, -0.2) is 32.0 Å². The minimum absolute atomic E-state index is 0.258. The molecular weight excluding hydrogens is 234 g/mol. The molecule has 1 rings (SSSR count). The summed E-state index contributed by atoms with van der Waals surface area (Å²) in [6.45, 7) is 6.52. The Hall–Kier alpha value is -0.350. The summed E-state index contributed by atoms with van der Waals surface area (Å²) in [6, 6.07) is 0.755. The summed E-state index contributed by atoms with van der Waals surface area (Å²) >= 11 is 0. The summed E-state index contributed by atoms with van der Waals surface area (Å²) in [5, 5.41) is 3.18. The van der Waals surface area contributed by atoms with Crippen LogP contribution in [0.5, 0.6) is 0 Å². The summed E-state index contributed by atoms with van der Waals surface area (Å²) in [4.78, 5) is 0. The minimum Gasteiger partial charge on any atom is -0.314 e. The number of hydrogen-bond donors (Lipinski definition) is 1. The van der Waals surface area contributed by atoms with Gasteiger partial charge in [0.2, 0.25) is 0 Å². The largest absolute Gasteiger partial charge is 0.314 e. The molecule has 0 radical (unpaired) electrons. The predicted molar refractivity (Wildman–Crippen MR) is 72.9 cm³/mol. The van der Waals surface area contributed by atoms with Crippen LogP contribution < -0.4 is 5.32 Å². The van der Waals surface area contributed by atoms with E-state index in [0.717, 1.165) is 19.0 Å². The first-order valence-corrected chi connectivity index (χ1v) is 8.24. The zero-order valence-corrected chi connectivity index (χ0v) is 12.0. The molecule has 0 saturated heterocycles. The molecule has 1 N–H and O–H groups in total. The summed E-state index contributed by atoms with van der Waals surface area (Å²) < 4.78 is 23.2. The van der Waals surface area contributed by atoms with Crippen molar-refractivity contribution < 1.29 is 8.42 Å². The summed E-state index contributed by atoms with van der Waals surface area (Å²) in [5.41, 5.74) is 1.19. The Morgan fingerprint density at radius 2 is 2.06 bits per heavy atom. The van der Waals surface area contributed by atoms with Crippen molar-refractivity contribution in [1.82, 2.24) is 5.32 Å². The summed E-state index contributed by atoms with van der Waals surface area (Å²) in [5.74, 6) is 0.281. The van der Waals surface area contributed by atoms with Gasteiger partial charge in [0.1, 0.15) is 0 Å². The Balaban J connectivity index is 2.18. The molecule has 0 aliphatic heterocycles. The molecule has 4 heteroatoms. The van der Waals surface area contributed by atoms with Gasteiger partial charge in [-0.15, -0.1) is 0 Å². The first-order chi connectivity index (χ1) is 7.92. The molecule has 1 saturated carbocycles. The molecule has 1 aliphatic carbocycles. The van der Waals surface area contributed by atoms with Crippen LogP contribution in [0.3, 0.4) is 0 Å². The van der Waals surface area contributed by atoms with Crippen molar-refractivity contribution in [3.63, 3.8) is 0 Å². The van der Waals surface area contributed by atoms with Gasteiger partial charge in [-0.25, -0.2) is 8.42 Å². The first-order valence-electron chi connectivity index (χ1n) is 6.52. The third-order valence-corrected chi connectivity index (χ3v) is 5.36. The molecule has 1 aliphatic rings. The zero-order valence-electron chi connectivity index (χ0n) is 11.2. The van der Waals surface area contributed by atoms with Crippen molar-refractivity contribution in [3.8, 4) is 0 Å². The molecule has 1 fully saturated rings. The lowest BCUT2D eigenvalue weighted by Gasteiger charge is -2.07. The maximum Gasteiger partial charge on any atom is 0.152 e. The zero-order chi connectivity index (χ0) is 12.9. The standard InChI is InChI=1S/C13H25NO2S/c1-11(2)17(15,16)10-8-12(3)5-4-9-14-13-6-7-13/h5,11,13-14H,4,6-10H2,1-3H3. The van der Waals surface area contributed by atoms with Gasteiger partial charge >= 0.3 is 0 Å². The average Bonchev–Trinajstić information content (AvgIpc) is 3.05. The lowest BCUT2D eigenvalue weighted by atomic mass is 10.2. The third-order valence-electron chi connectivity index (χ3n) is 3.15. The fourth-order valence-corrected chi connectivity index (χ4v) is 2.61. The average molecular weight is 259 g/mol. The molecule has 0 aromatic heterocycles. The summed E-state index contributed by atoms with van der Waals surface area (Å²) in [7, 11) is -2.88. The second-order valence-electron chi connectivity index (χ2n) is 5.23. The van der Waals surface area contributed by atoms with E-state index in [0.29, 0.717) is 6.42 Å². The van der Waals surface area contributed by atoms with Crippen LogP contribution in [-0.2, 0) is 9.84 Å². The molecule has 0 atom stereocenters. The van der Waals surface area contributed by atoms with Gasteiger partial charge in [0.15, 0.2) is 9.84 Å². The van der Waals surface area contributed by atoms with Crippen LogP contribution in [0.4, 0.5) is 0 Å². The van der Waals surface area contributed by atoms with Gasteiger partial charge in [0.25, 0.3) is 0 Å². The molecule has 100 valence electrons. The smallest absolute Gasteiger partial charge is 0.152 e. The summed E-state index contributed by atoms with van der Waals surface area (Å²) in [6.07, 6.45) is 6.46. The third kappa shape index (κ3) is 6.22. The molecule has 0 aromatic rings. The molecule has 3 nitrogen and oxygen atoms in total. The van der Waals surface area contributed by atoms with Crippen LogP contribution in [0.15, 0.2) is 11.6 Å². The fourth-order valence-electron chi connectivity index (χ4n) is 1.53. The van der Waals surface area contributed by atoms with Gasteiger partial charge in [-0.3, -0.25) is 0 Å². The number of hydrogen-bond acceptors (Lipinski definition) is 3. The van der Waals surface area contributed by atoms with E-state index < -0.39 is 9.84 Å². The molecule has 0 aromatic carbocycles. The topological polar surface area (TPSA) is 46.2 Å². The SMILES string of the molecule is CC(=CCCNC1CC1)CCS(=O)(=O)C(C)C. The minimum atomic E-state index is -2.88. The Kier molecular flexibility index (Phi) is 5.67. The molecule has 0 heterocycles. The van der Waals surface area contributed by atoms with Crippen LogP contribution in [0.1, 0.15) is 46.5 Å². The van der Waals surface area contributed by atoms with E-state index in [9.17, 15) is 8.42 Å². The quantitative estimate of drug-likeness (QED) is 0.537. The number of sulfone groups is 1. The van der Waals surface area contributed by atoms with Crippen LogP contribution in [0.2, 0.25) is 0 Å². The van der Waals surface area contributed by atoms with Crippen LogP contribution >= 0.6 is 0 Å². The van der Waals surface area contributed by atoms with Crippen molar-refractivity contribution in [2.75, 3.05) is 12.3 Å². The van der Waals surface area contributed by atoms with E-state index in [2.05, 4.69) is 11.4 Å². The second-order valence-corrected chi connectivity index (χ2v) is 7.91. The molecule has 0 unspecified atom stereocenters. The molecule has 17 heavy (non-hydrogen) atoms. The Morgan fingerprint density at radius 1 is 1.41 bits per heavy atom. The van der Waals surface area contributed by atoms with Crippen molar-refractivity contribution >= 4 is 9.84 Å². The van der Waals surface area contributed by atoms with Crippen molar-refractivity contribution in [2.45, 2.75) is 57.7 Å². The van der Waals surface area contributed by atoms with Gasteiger partial charge in [0.05, 0.1) is 11.0 Å². The van der Waals surface area contributed by atoms with Crippen LogP contribution in [0.25, 0.3) is 0 Å². The highest BCUT2D eigenvalue weighted by Crippen LogP contribution is 2.18. The van der Waals surface area contributed by atoms with Gasteiger partial charge in [-0.2, -0.15) is 0 Å². The number of nitrogens with one attached hydrogen (secondary N) is 1. The van der Waals surface area contributed by atoms with Gasteiger partial charge in [-0.1, -0.05) is 11.6 Å². The molecule has 0 bridgehead atoms. The van der Waals surface area contributed by atoms with Crippen molar-refractivity contribution in [1.29, 1.82) is 0 Å². The highest BCUT2D eigenvalue weighted by Gasteiger charge is 2.19. The van der Waals surface area contributed by atoms with E-state index in [1.807, 2.05) is 6.92 Å². The van der Waals surface area contributed by atoms with E-state index in [-0.39, 0.29) is 11.0 Å². The van der Waals surface area contributed by atoms with Crippen molar-refractivity contribution in [3.05, 3.63) is 11.6 Å². The molecule has 0 amide bonds. The van der Waals surface area contributed by atoms with E-state index in [1.54, 1.807) is 13.8 Å². The van der Waals surface area contributed by atoms with E-state index in [4.69, 9.17) is 0 Å². The van der Waals surface area contributed by atoms with Gasteiger partial charge in [-0.05, 0) is 53.0 Å². The first kappa shape index (κ1) is 14.7. The number of allylic oxidation sites excluding steroid dienone is 1. The maximum atomic E-state index is 11.6. The highest BCUT2D eigenvalue weighted by molar-refractivity contribution is 7.91. The predicted octanol–water partition coefficient (Wildman–Crippen LogP) is 2.29.